The first-order chi connectivity index (χ1) is 7.64. The van der Waals surface area contributed by atoms with E-state index in [4.69, 9.17) is 5.11 Å². The number of carboxylic acid groups (broad SMARTS) is 1. The summed E-state index contributed by atoms with van der Waals surface area (Å²) >= 11 is 0. The summed E-state index contributed by atoms with van der Waals surface area (Å²) in [6.07, 6.45) is 2.28. The Bertz CT molecular complexity index is 570. The minimum atomic E-state index is -3.48. The Labute approximate surface area is 98.8 Å². The molecule has 0 bridgehead atoms. The third kappa shape index (κ3) is 2.73. The van der Waals surface area contributed by atoms with Gasteiger partial charge in [-0.1, -0.05) is 0 Å². The number of hydrogen-bond acceptors (Lipinski definition) is 4. The van der Waals surface area contributed by atoms with Crippen molar-refractivity contribution in [2.45, 2.75) is 12.2 Å². The molecule has 94 valence electrons. The van der Waals surface area contributed by atoms with Gasteiger partial charge in [0.15, 0.2) is 15.6 Å². The lowest BCUT2D eigenvalue weighted by Crippen LogP contribution is -2.26. The minimum Gasteiger partial charge on any atom is -0.477 e. The van der Waals surface area contributed by atoms with Gasteiger partial charge in [-0.05, 0) is 13.0 Å². The van der Waals surface area contributed by atoms with E-state index in [0.29, 0.717) is 0 Å². The number of aromatic carboxylic acids is 1. The molecule has 0 spiro atoms. The second kappa shape index (κ2) is 4.33. The lowest BCUT2D eigenvalue weighted by molar-refractivity contribution is 0.0686. The molecule has 0 saturated carbocycles. The standard InChI is InChI=1S/C10H13NO5S/c1-6(17(3,15)16)9(12)7-4-8(10(13)14)11(2)5-7/h4-6H,1-3H3,(H,13,14). The first-order valence-electron chi connectivity index (χ1n) is 4.77. The zero-order valence-corrected chi connectivity index (χ0v) is 10.5. The van der Waals surface area contributed by atoms with Crippen LogP contribution >= 0.6 is 0 Å². The van der Waals surface area contributed by atoms with Crippen LogP contribution in [-0.2, 0) is 16.9 Å². The summed E-state index contributed by atoms with van der Waals surface area (Å²) in [5.74, 6) is -1.77. The molecule has 1 N–H and O–H groups in total. The second-order valence-electron chi connectivity index (χ2n) is 3.87. The van der Waals surface area contributed by atoms with Crippen LogP contribution in [0.15, 0.2) is 12.3 Å². The van der Waals surface area contributed by atoms with E-state index in [2.05, 4.69) is 0 Å². The van der Waals surface area contributed by atoms with Crippen molar-refractivity contribution in [2.75, 3.05) is 6.26 Å². The average Bonchev–Trinajstić information content (AvgIpc) is 2.56. The van der Waals surface area contributed by atoms with Crippen molar-refractivity contribution in [3.8, 4) is 0 Å². The number of hydrogen-bond donors (Lipinski definition) is 1. The molecule has 1 unspecified atom stereocenters. The van der Waals surface area contributed by atoms with Gasteiger partial charge in [0, 0.05) is 25.1 Å². The van der Waals surface area contributed by atoms with Crippen LogP contribution in [0.25, 0.3) is 0 Å². The number of carbonyl (C=O) groups is 2. The summed E-state index contributed by atoms with van der Waals surface area (Å²) in [7, 11) is -2.00. The fourth-order valence-corrected chi connectivity index (χ4v) is 1.87. The van der Waals surface area contributed by atoms with E-state index in [1.54, 1.807) is 0 Å². The highest BCUT2D eigenvalue weighted by atomic mass is 32.2. The number of aryl methyl sites for hydroxylation is 1. The van der Waals surface area contributed by atoms with E-state index in [1.807, 2.05) is 0 Å². The maximum absolute atomic E-state index is 11.8. The fourth-order valence-electron chi connectivity index (χ4n) is 1.34. The smallest absolute Gasteiger partial charge is 0.352 e. The van der Waals surface area contributed by atoms with E-state index in [1.165, 1.54) is 30.8 Å². The maximum Gasteiger partial charge on any atom is 0.352 e. The molecule has 1 aromatic rings. The summed E-state index contributed by atoms with van der Waals surface area (Å²) in [6, 6.07) is 1.17. The molecule has 1 rings (SSSR count). The molecule has 7 heteroatoms. The van der Waals surface area contributed by atoms with Crippen molar-refractivity contribution >= 4 is 21.6 Å². The van der Waals surface area contributed by atoms with Crippen molar-refractivity contribution in [3.63, 3.8) is 0 Å². The van der Waals surface area contributed by atoms with Crippen LogP contribution in [0.5, 0.6) is 0 Å². The largest absolute Gasteiger partial charge is 0.477 e. The van der Waals surface area contributed by atoms with Crippen LogP contribution < -0.4 is 0 Å². The molecule has 1 heterocycles. The van der Waals surface area contributed by atoms with E-state index >= 15 is 0 Å². The Kier molecular flexibility index (Phi) is 3.42. The van der Waals surface area contributed by atoms with Gasteiger partial charge in [0.2, 0.25) is 0 Å². The Morgan fingerprint density at radius 3 is 2.29 bits per heavy atom. The van der Waals surface area contributed by atoms with E-state index in [0.717, 1.165) is 6.26 Å². The number of sulfone groups is 1. The third-order valence-electron chi connectivity index (χ3n) is 2.52. The highest BCUT2D eigenvalue weighted by Crippen LogP contribution is 2.13. The van der Waals surface area contributed by atoms with Crippen molar-refractivity contribution in [2.24, 2.45) is 7.05 Å². The summed E-state index contributed by atoms with van der Waals surface area (Å²) < 4.78 is 23.7. The molecule has 6 nitrogen and oxygen atoms in total. The zero-order valence-electron chi connectivity index (χ0n) is 9.67. The van der Waals surface area contributed by atoms with Crippen molar-refractivity contribution in [1.82, 2.24) is 4.57 Å². The van der Waals surface area contributed by atoms with Crippen LogP contribution in [0, 0.1) is 0 Å². The molecule has 17 heavy (non-hydrogen) atoms. The average molecular weight is 259 g/mol. The number of aromatic nitrogens is 1. The number of ketones is 1. The van der Waals surface area contributed by atoms with Gasteiger partial charge in [0.05, 0.1) is 0 Å². The monoisotopic (exact) mass is 259 g/mol. The van der Waals surface area contributed by atoms with Crippen molar-refractivity contribution in [3.05, 3.63) is 23.5 Å². The summed E-state index contributed by atoms with van der Waals surface area (Å²) in [6.45, 7) is 1.28. The quantitative estimate of drug-likeness (QED) is 0.787. The first kappa shape index (κ1) is 13.4. The van der Waals surface area contributed by atoms with Gasteiger partial charge in [0.25, 0.3) is 0 Å². The van der Waals surface area contributed by atoms with Gasteiger partial charge in [-0.25, -0.2) is 13.2 Å². The number of Topliss-reactive ketones (excluding diaryl/α,β-unsaturated/α-hetero) is 1. The lowest BCUT2D eigenvalue weighted by atomic mass is 10.1. The molecule has 0 radical (unpaired) electrons. The number of carbonyl (C=O) groups excluding carboxylic acids is 1. The fraction of sp³-hybridized carbons (Fsp3) is 0.400. The van der Waals surface area contributed by atoms with Gasteiger partial charge in [-0.15, -0.1) is 0 Å². The molecule has 0 saturated heterocycles. The Morgan fingerprint density at radius 1 is 1.41 bits per heavy atom. The normalized spacial score (nSPS) is 13.4. The van der Waals surface area contributed by atoms with Crippen molar-refractivity contribution in [1.29, 1.82) is 0 Å². The summed E-state index contributed by atoms with van der Waals surface area (Å²) in [5.41, 5.74) is 0.0249. The number of nitrogens with zero attached hydrogens (tertiary/aromatic N) is 1. The molecule has 0 amide bonds. The number of rotatable bonds is 4. The van der Waals surface area contributed by atoms with Crippen LogP contribution in [0.3, 0.4) is 0 Å². The van der Waals surface area contributed by atoms with E-state index < -0.39 is 26.8 Å². The first-order valence-corrected chi connectivity index (χ1v) is 6.72. The predicted octanol–water partition coefficient (Wildman–Crippen LogP) is 0.339. The SMILES string of the molecule is CC(C(=O)c1cc(C(=O)O)n(C)c1)S(C)(=O)=O. The van der Waals surface area contributed by atoms with Gasteiger partial charge in [0.1, 0.15) is 10.9 Å². The molecule has 0 fully saturated rings. The van der Waals surface area contributed by atoms with Crippen LogP contribution in [0.1, 0.15) is 27.8 Å². The van der Waals surface area contributed by atoms with Crippen LogP contribution in [0.4, 0.5) is 0 Å². The lowest BCUT2D eigenvalue weighted by Gasteiger charge is -2.05. The highest BCUT2D eigenvalue weighted by molar-refractivity contribution is 7.92. The third-order valence-corrected chi connectivity index (χ3v) is 4.02. The molecule has 0 aromatic carbocycles. The molecule has 1 atom stereocenters. The molecule has 0 aliphatic heterocycles. The molecular weight excluding hydrogens is 246 g/mol. The molecule has 0 aliphatic carbocycles. The summed E-state index contributed by atoms with van der Waals surface area (Å²) in [4.78, 5) is 22.6. The summed E-state index contributed by atoms with van der Waals surface area (Å²) in [5, 5.41) is 7.63. The Balaban J connectivity index is 3.15. The highest BCUT2D eigenvalue weighted by Gasteiger charge is 2.26. The Morgan fingerprint density at radius 2 is 1.94 bits per heavy atom. The van der Waals surface area contributed by atoms with Crippen LogP contribution in [-0.4, -0.2) is 41.3 Å². The molecular formula is C10H13NO5S. The minimum absolute atomic E-state index is 0.0611. The van der Waals surface area contributed by atoms with E-state index in [-0.39, 0.29) is 11.3 Å². The topological polar surface area (TPSA) is 93.4 Å². The number of carboxylic acids is 1. The van der Waals surface area contributed by atoms with Gasteiger partial charge in [-0.3, -0.25) is 4.79 Å². The van der Waals surface area contributed by atoms with Gasteiger partial charge >= 0.3 is 5.97 Å². The molecule has 1 aromatic heterocycles. The molecule has 0 aliphatic rings. The zero-order chi connectivity index (χ0) is 13.4. The van der Waals surface area contributed by atoms with Crippen LogP contribution in [0.2, 0.25) is 0 Å². The Hall–Kier alpha value is -1.63. The predicted molar refractivity (Wildman–Crippen MR) is 61.0 cm³/mol. The van der Waals surface area contributed by atoms with Gasteiger partial charge < -0.3 is 9.67 Å². The second-order valence-corrected chi connectivity index (χ2v) is 6.23. The van der Waals surface area contributed by atoms with E-state index in [9.17, 15) is 18.0 Å². The van der Waals surface area contributed by atoms with Gasteiger partial charge in [-0.2, -0.15) is 0 Å². The maximum atomic E-state index is 11.8. The van der Waals surface area contributed by atoms with Crippen molar-refractivity contribution < 1.29 is 23.1 Å².